The first-order valence-corrected chi connectivity index (χ1v) is 4.84. The molecule has 1 aromatic carbocycles. The van der Waals surface area contributed by atoms with Gasteiger partial charge in [-0.3, -0.25) is 0 Å². The van der Waals surface area contributed by atoms with Gasteiger partial charge in [-0.05, 0) is 18.2 Å². The molecule has 2 aromatic rings. The molecule has 3 nitrogen and oxygen atoms in total. The minimum atomic E-state index is -0.316. The molecule has 1 fully saturated rings. The number of halogens is 1. The van der Waals surface area contributed by atoms with Crippen molar-refractivity contribution >= 4 is 10.9 Å². The maximum Gasteiger partial charge on any atom is 0.186 e. The van der Waals surface area contributed by atoms with Crippen LogP contribution in [0.25, 0.3) is 10.9 Å². The summed E-state index contributed by atoms with van der Waals surface area (Å²) in [5, 5.41) is 0.948. The zero-order chi connectivity index (χ0) is 10.3. The van der Waals surface area contributed by atoms with Gasteiger partial charge in [0, 0.05) is 22.7 Å². The van der Waals surface area contributed by atoms with E-state index in [2.05, 4.69) is 4.98 Å². The number of hydrogen-bond donors (Lipinski definition) is 1. The molecule has 0 amide bonds. The molecular weight excluding hydrogens is 197 g/mol. The van der Waals surface area contributed by atoms with Gasteiger partial charge in [0.25, 0.3) is 0 Å². The summed E-state index contributed by atoms with van der Waals surface area (Å²) in [5.41, 5.74) is 1.70. The van der Waals surface area contributed by atoms with Gasteiger partial charge >= 0.3 is 0 Å². The largest absolute Gasteiger partial charge is 0.361 e. The molecule has 1 N–H and O–H groups in total. The molecule has 0 spiro atoms. The van der Waals surface area contributed by atoms with E-state index in [0.717, 1.165) is 16.5 Å². The Morgan fingerprint density at radius 1 is 1.27 bits per heavy atom. The summed E-state index contributed by atoms with van der Waals surface area (Å²) in [6, 6.07) is 4.64. The van der Waals surface area contributed by atoms with E-state index in [-0.39, 0.29) is 12.1 Å². The summed E-state index contributed by atoms with van der Waals surface area (Å²) in [6.07, 6.45) is 1.49. The van der Waals surface area contributed by atoms with Crippen LogP contribution in [-0.2, 0) is 9.47 Å². The van der Waals surface area contributed by atoms with Gasteiger partial charge < -0.3 is 14.5 Å². The van der Waals surface area contributed by atoms with E-state index in [1.54, 1.807) is 12.3 Å². The second-order valence-electron chi connectivity index (χ2n) is 3.51. The predicted molar refractivity (Wildman–Crippen MR) is 52.9 cm³/mol. The van der Waals surface area contributed by atoms with E-state index in [1.165, 1.54) is 12.1 Å². The molecule has 0 bridgehead atoms. The summed E-state index contributed by atoms with van der Waals surface area (Å²) in [5.74, 6) is -0.246. The molecule has 1 aliphatic rings. The lowest BCUT2D eigenvalue weighted by Crippen LogP contribution is -1.96. The fourth-order valence-corrected chi connectivity index (χ4v) is 1.85. The lowest BCUT2D eigenvalue weighted by Gasteiger charge is -2.06. The number of ether oxygens (including phenoxy) is 2. The number of fused-ring (bicyclic) bond motifs is 1. The van der Waals surface area contributed by atoms with Crippen LogP contribution >= 0.6 is 0 Å². The Morgan fingerprint density at radius 2 is 2.07 bits per heavy atom. The molecule has 4 heteroatoms. The minimum absolute atomic E-state index is 0.246. The van der Waals surface area contributed by atoms with Crippen molar-refractivity contribution in [3.8, 4) is 0 Å². The average molecular weight is 207 g/mol. The van der Waals surface area contributed by atoms with Gasteiger partial charge in [0.2, 0.25) is 0 Å². The number of benzene rings is 1. The van der Waals surface area contributed by atoms with E-state index in [0.29, 0.717) is 13.2 Å². The number of aromatic amines is 1. The third kappa shape index (κ3) is 1.42. The standard InChI is InChI=1S/C11H10FNO2/c12-7-1-2-8-9(6-13-10(8)5-7)11-14-3-4-15-11/h1-2,5-6,11,13H,3-4H2. The summed E-state index contributed by atoms with van der Waals surface area (Å²) in [6.45, 7) is 1.22. The summed E-state index contributed by atoms with van der Waals surface area (Å²) in [4.78, 5) is 3.01. The highest BCUT2D eigenvalue weighted by atomic mass is 19.1. The van der Waals surface area contributed by atoms with Gasteiger partial charge in [-0.15, -0.1) is 0 Å². The molecule has 2 heterocycles. The Morgan fingerprint density at radius 3 is 2.87 bits per heavy atom. The van der Waals surface area contributed by atoms with Gasteiger partial charge in [0.05, 0.1) is 13.2 Å². The van der Waals surface area contributed by atoms with E-state index < -0.39 is 0 Å². The number of nitrogens with one attached hydrogen (secondary N) is 1. The van der Waals surface area contributed by atoms with Crippen LogP contribution in [0.1, 0.15) is 11.9 Å². The number of aromatic nitrogens is 1. The highest BCUT2D eigenvalue weighted by molar-refractivity contribution is 5.83. The topological polar surface area (TPSA) is 34.2 Å². The molecule has 0 unspecified atom stereocenters. The number of rotatable bonds is 1. The molecule has 1 aliphatic heterocycles. The molecule has 0 atom stereocenters. The SMILES string of the molecule is Fc1ccc2c(C3OCCO3)c[nH]c2c1. The Hall–Kier alpha value is -1.39. The van der Waals surface area contributed by atoms with Crippen molar-refractivity contribution in [2.45, 2.75) is 6.29 Å². The summed E-state index contributed by atoms with van der Waals surface area (Å²) in [7, 11) is 0. The first kappa shape index (κ1) is 8.88. The smallest absolute Gasteiger partial charge is 0.186 e. The zero-order valence-electron chi connectivity index (χ0n) is 8.00. The van der Waals surface area contributed by atoms with Crippen LogP contribution in [0.3, 0.4) is 0 Å². The monoisotopic (exact) mass is 207 g/mol. The highest BCUT2D eigenvalue weighted by Gasteiger charge is 2.21. The van der Waals surface area contributed by atoms with Crippen molar-refractivity contribution in [1.29, 1.82) is 0 Å². The van der Waals surface area contributed by atoms with Crippen molar-refractivity contribution in [3.05, 3.63) is 35.8 Å². The molecule has 3 rings (SSSR count). The van der Waals surface area contributed by atoms with E-state index in [1.807, 2.05) is 0 Å². The van der Waals surface area contributed by atoms with E-state index in [9.17, 15) is 4.39 Å². The minimum Gasteiger partial charge on any atom is -0.361 e. The predicted octanol–water partition coefficient (Wildman–Crippen LogP) is 2.35. The number of H-pyrrole nitrogens is 1. The second kappa shape index (κ2) is 3.32. The van der Waals surface area contributed by atoms with Crippen LogP contribution < -0.4 is 0 Å². The maximum absolute atomic E-state index is 12.9. The normalized spacial score (nSPS) is 17.7. The molecule has 78 valence electrons. The van der Waals surface area contributed by atoms with Crippen molar-refractivity contribution < 1.29 is 13.9 Å². The average Bonchev–Trinajstić information content (AvgIpc) is 2.82. The Bertz CT molecular complexity index is 488. The fraction of sp³-hybridized carbons (Fsp3) is 0.273. The van der Waals surface area contributed by atoms with Gasteiger partial charge in [0.15, 0.2) is 6.29 Å². The fourth-order valence-electron chi connectivity index (χ4n) is 1.85. The van der Waals surface area contributed by atoms with Gasteiger partial charge in [-0.25, -0.2) is 4.39 Å². The second-order valence-corrected chi connectivity index (χ2v) is 3.51. The zero-order valence-corrected chi connectivity index (χ0v) is 8.00. The molecular formula is C11H10FNO2. The van der Waals surface area contributed by atoms with Gasteiger partial charge in [0.1, 0.15) is 5.82 Å². The van der Waals surface area contributed by atoms with E-state index in [4.69, 9.17) is 9.47 Å². The Labute approximate surface area is 85.8 Å². The van der Waals surface area contributed by atoms with Gasteiger partial charge in [-0.1, -0.05) is 0 Å². The van der Waals surface area contributed by atoms with Gasteiger partial charge in [-0.2, -0.15) is 0 Å². The quantitative estimate of drug-likeness (QED) is 0.778. The molecule has 15 heavy (non-hydrogen) atoms. The lowest BCUT2D eigenvalue weighted by molar-refractivity contribution is -0.0429. The summed E-state index contributed by atoms with van der Waals surface area (Å²) >= 11 is 0. The third-order valence-electron chi connectivity index (χ3n) is 2.55. The van der Waals surface area contributed by atoms with Crippen molar-refractivity contribution in [2.75, 3.05) is 13.2 Å². The van der Waals surface area contributed by atoms with Crippen molar-refractivity contribution in [3.63, 3.8) is 0 Å². The van der Waals surface area contributed by atoms with Crippen LogP contribution in [0.4, 0.5) is 4.39 Å². The third-order valence-corrected chi connectivity index (χ3v) is 2.55. The van der Waals surface area contributed by atoms with Crippen molar-refractivity contribution in [1.82, 2.24) is 4.98 Å². The lowest BCUT2D eigenvalue weighted by atomic mass is 10.1. The van der Waals surface area contributed by atoms with E-state index >= 15 is 0 Å². The van der Waals surface area contributed by atoms with Crippen molar-refractivity contribution in [2.24, 2.45) is 0 Å². The van der Waals surface area contributed by atoms with Crippen LogP contribution in [-0.4, -0.2) is 18.2 Å². The van der Waals surface area contributed by atoms with Crippen LogP contribution in [0.5, 0.6) is 0 Å². The summed E-state index contributed by atoms with van der Waals surface area (Å²) < 4.78 is 23.7. The Kier molecular flexibility index (Phi) is 1.97. The van der Waals surface area contributed by atoms with Crippen LogP contribution in [0, 0.1) is 5.82 Å². The number of hydrogen-bond acceptors (Lipinski definition) is 2. The van der Waals surface area contributed by atoms with Crippen LogP contribution in [0.2, 0.25) is 0 Å². The highest BCUT2D eigenvalue weighted by Crippen LogP contribution is 2.30. The first-order chi connectivity index (χ1) is 7.34. The molecule has 0 saturated carbocycles. The molecule has 0 radical (unpaired) electrons. The Balaban J connectivity index is 2.11. The maximum atomic E-state index is 12.9. The molecule has 1 saturated heterocycles. The molecule has 1 aromatic heterocycles. The first-order valence-electron chi connectivity index (χ1n) is 4.84. The molecule has 0 aliphatic carbocycles. The van der Waals surface area contributed by atoms with Crippen LogP contribution in [0.15, 0.2) is 24.4 Å².